The Morgan fingerprint density at radius 3 is 3.11 bits per heavy atom. The molecule has 1 aliphatic rings. The van der Waals surface area contributed by atoms with E-state index in [1.54, 1.807) is 4.68 Å². The van der Waals surface area contributed by atoms with E-state index in [9.17, 15) is 4.79 Å². The van der Waals surface area contributed by atoms with E-state index in [-0.39, 0.29) is 17.5 Å². The van der Waals surface area contributed by atoms with Gasteiger partial charge >= 0.3 is 0 Å². The number of H-pyrrole nitrogens is 1. The molecule has 2 aromatic heterocycles. The average molecular weight is 250 g/mol. The number of rotatable bonds is 2. The fourth-order valence-corrected chi connectivity index (χ4v) is 2.40. The van der Waals surface area contributed by atoms with Gasteiger partial charge in [0.05, 0.1) is 6.04 Å². The van der Waals surface area contributed by atoms with E-state index in [2.05, 4.69) is 26.0 Å². The van der Waals surface area contributed by atoms with Crippen molar-refractivity contribution in [2.75, 3.05) is 6.54 Å². The number of aryl methyl sites for hydroxylation is 1. The van der Waals surface area contributed by atoms with Gasteiger partial charge in [-0.15, -0.1) is 5.10 Å². The molecule has 18 heavy (non-hydrogen) atoms. The Bertz CT molecular complexity index is 585. The highest BCUT2D eigenvalue weighted by atomic mass is 16.5. The van der Waals surface area contributed by atoms with Gasteiger partial charge in [-0.2, -0.15) is 5.16 Å². The zero-order valence-corrected chi connectivity index (χ0v) is 9.96. The van der Waals surface area contributed by atoms with Gasteiger partial charge < -0.3 is 9.84 Å². The Balaban J connectivity index is 1.80. The van der Waals surface area contributed by atoms with Crippen LogP contribution >= 0.6 is 0 Å². The first-order chi connectivity index (χ1) is 8.74. The van der Waals surface area contributed by atoms with Crippen molar-refractivity contribution >= 4 is 0 Å². The quantitative estimate of drug-likeness (QED) is 0.758. The minimum absolute atomic E-state index is 0.0870. The van der Waals surface area contributed by atoms with Crippen molar-refractivity contribution in [1.82, 2.24) is 30.7 Å². The van der Waals surface area contributed by atoms with Gasteiger partial charge in [-0.25, -0.2) is 4.68 Å². The first-order valence-electron chi connectivity index (χ1n) is 5.88. The van der Waals surface area contributed by atoms with Gasteiger partial charge in [0.25, 0.3) is 5.56 Å². The Kier molecular flexibility index (Phi) is 2.71. The van der Waals surface area contributed by atoms with E-state index in [4.69, 9.17) is 4.52 Å². The molecule has 3 rings (SSSR count). The monoisotopic (exact) mass is 250 g/mol. The summed E-state index contributed by atoms with van der Waals surface area (Å²) in [7, 11) is 1.82. The molecule has 2 N–H and O–H groups in total. The topological polar surface area (TPSA) is 102 Å². The van der Waals surface area contributed by atoms with Crippen molar-refractivity contribution in [3.05, 3.63) is 28.0 Å². The molecule has 0 amide bonds. The molecular formula is C10H14N6O2. The number of hydrogen-bond donors (Lipinski definition) is 2. The summed E-state index contributed by atoms with van der Waals surface area (Å²) in [6.45, 7) is 0.844. The Morgan fingerprint density at radius 2 is 2.44 bits per heavy atom. The lowest BCUT2D eigenvalue weighted by atomic mass is 9.90. The fraction of sp³-hybridized carbons (Fsp3) is 0.600. The van der Waals surface area contributed by atoms with Gasteiger partial charge in [-0.05, 0) is 29.8 Å². The van der Waals surface area contributed by atoms with Crippen molar-refractivity contribution in [3.8, 4) is 0 Å². The third-order valence-corrected chi connectivity index (χ3v) is 3.31. The van der Waals surface area contributed by atoms with Crippen LogP contribution in [0.4, 0.5) is 0 Å². The third-order valence-electron chi connectivity index (χ3n) is 3.31. The second-order valence-corrected chi connectivity index (χ2v) is 4.50. The van der Waals surface area contributed by atoms with Crippen LogP contribution in [0, 0.1) is 0 Å². The molecule has 0 aromatic carbocycles. The molecule has 0 bridgehead atoms. The molecule has 8 heteroatoms. The van der Waals surface area contributed by atoms with E-state index in [1.165, 1.54) is 6.07 Å². The van der Waals surface area contributed by atoms with Gasteiger partial charge in [0.1, 0.15) is 5.76 Å². The van der Waals surface area contributed by atoms with E-state index in [0.717, 1.165) is 25.2 Å². The molecule has 1 aliphatic heterocycles. The lowest BCUT2D eigenvalue weighted by molar-refractivity contribution is 0.287. The predicted octanol–water partition coefficient (Wildman–Crippen LogP) is -0.300. The Labute approximate surface area is 102 Å². The highest BCUT2D eigenvalue weighted by Crippen LogP contribution is 2.32. The molecule has 0 aliphatic carbocycles. The lowest BCUT2D eigenvalue weighted by Gasteiger charge is -2.27. The fourth-order valence-electron chi connectivity index (χ4n) is 2.40. The van der Waals surface area contributed by atoms with Crippen LogP contribution in [0.2, 0.25) is 0 Å². The molecule has 8 nitrogen and oxygen atoms in total. The van der Waals surface area contributed by atoms with E-state index in [0.29, 0.717) is 5.76 Å². The zero-order chi connectivity index (χ0) is 12.5. The van der Waals surface area contributed by atoms with Crippen LogP contribution < -0.4 is 10.9 Å². The molecule has 0 radical (unpaired) electrons. The molecule has 2 aromatic rings. The number of aromatic amines is 1. The van der Waals surface area contributed by atoms with E-state index >= 15 is 0 Å². The van der Waals surface area contributed by atoms with Gasteiger partial charge in [0.15, 0.2) is 5.82 Å². The summed E-state index contributed by atoms with van der Waals surface area (Å²) in [6, 6.07) is 1.60. The van der Waals surface area contributed by atoms with E-state index < -0.39 is 0 Å². The van der Waals surface area contributed by atoms with Crippen LogP contribution in [-0.4, -0.2) is 31.9 Å². The SMILES string of the molecule is Cn1nnnc1C1CC(c2cc(=O)[nH]o2)CCN1. The second kappa shape index (κ2) is 4.37. The molecule has 96 valence electrons. The van der Waals surface area contributed by atoms with Crippen LogP contribution in [0.1, 0.15) is 36.4 Å². The number of nitrogens with one attached hydrogen (secondary N) is 2. The van der Waals surface area contributed by atoms with Gasteiger partial charge in [-0.3, -0.25) is 4.79 Å². The number of nitrogens with zero attached hydrogens (tertiary/aromatic N) is 4. The normalized spacial score (nSPS) is 24.3. The van der Waals surface area contributed by atoms with Crippen LogP contribution in [0.25, 0.3) is 0 Å². The van der Waals surface area contributed by atoms with Crippen LogP contribution in [0.15, 0.2) is 15.4 Å². The van der Waals surface area contributed by atoms with Crippen molar-refractivity contribution in [1.29, 1.82) is 0 Å². The summed E-state index contributed by atoms with van der Waals surface area (Å²) in [4.78, 5) is 11.1. The Morgan fingerprint density at radius 1 is 1.56 bits per heavy atom. The molecule has 2 unspecified atom stereocenters. The average Bonchev–Trinajstić information content (AvgIpc) is 2.98. The second-order valence-electron chi connectivity index (χ2n) is 4.50. The lowest BCUT2D eigenvalue weighted by Crippen LogP contribution is -2.32. The first-order valence-corrected chi connectivity index (χ1v) is 5.88. The first kappa shape index (κ1) is 11.1. The maximum Gasteiger partial charge on any atom is 0.280 e. The van der Waals surface area contributed by atoms with Crippen molar-refractivity contribution < 1.29 is 4.52 Å². The predicted molar refractivity (Wildman–Crippen MR) is 60.8 cm³/mol. The van der Waals surface area contributed by atoms with Crippen LogP contribution in [0.5, 0.6) is 0 Å². The summed E-state index contributed by atoms with van der Waals surface area (Å²) in [5, 5.41) is 17.2. The van der Waals surface area contributed by atoms with Crippen molar-refractivity contribution in [2.24, 2.45) is 7.05 Å². The maximum absolute atomic E-state index is 11.1. The number of tetrazole rings is 1. The molecule has 1 fully saturated rings. The smallest absolute Gasteiger partial charge is 0.280 e. The summed E-state index contributed by atoms with van der Waals surface area (Å²) in [6.07, 6.45) is 1.75. The maximum atomic E-state index is 11.1. The zero-order valence-electron chi connectivity index (χ0n) is 9.96. The number of aromatic nitrogens is 5. The molecule has 0 spiro atoms. The summed E-state index contributed by atoms with van der Waals surface area (Å²) < 4.78 is 6.84. The summed E-state index contributed by atoms with van der Waals surface area (Å²) in [5.41, 5.74) is -0.194. The van der Waals surface area contributed by atoms with Gasteiger partial charge in [-0.1, -0.05) is 0 Å². The van der Waals surface area contributed by atoms with Gasteiger partial charge in [0, 0.05) is 19.0 Å². The van der Waals surface area contributed by atoms with Gasteiger partial charge in [0.2, 0.25) is 0 Å². The minimum atomic E-state index is -0.194. The molecule has 0 saturated carbocycles. The molecule has 2 atom stereocenters. The molecular weight excluding hydrogens is 236 g/mol. The molecule has 1 saturated heterocycles. The van der Waals surface area contributed by atoms with Crippen LogP contribution in [0.3, 0.4) is 0 Å². The standard InChI is InChI=1S/C10H14N6O2/c1-16-10(12-14-15-16)7-4-6(2-3-11-7)8-5-9(17)13-18-8/h5-7,11H,2-4H2,1H3,(H,13,17). The van der Waals surface area contributed by atoms with E-state index in [1.807, 2.05) is 7.05 Å². The van der Waals surface area contributed by atoms with Crippen molar-refractivity contribution in [3.63, 3.8) is 0 Å². The largest absolute Gasteiger partial charge is 0.383 e. The minimum Gasteiger partial charge on any atom is -0.383 e. The third kappa shape index (κ3) is 1.94. The highest BCUT2D eigenvalue weighted by Gasteiger charge is 2.29. The number of hydrogen-bond acceptors (Lipinski definition) is 6. The van der Waals surface area contributed by atoms with Crippen LogP contribution in [-0.2, 0) is 7.05 Å². The van der Waals surface area contributed by atoms with Crippen molar-refractivity contribution in [2.45, 2.75) is 24.8 Å². The summed E-state index contributed by atoms with van der Waals surface area (Å²) in [5.74, 6) is 1.73. The molecule has 3 heterocycles. The highest BCUT2D eigenvalue weighted by molar-refractivity contribution is 5.07. The number of piperidine rings is 1. The Hall–Kier alpha value is -1.96. The summed E-state index contributed by atoms with van der Waals surface area (Å²) >= 11 is 0.